The number of hydrogen-bond acceptors (Lipinski definition) is 6. The van der Waals surface area contributed by atoms with Crippen LogP contribution in [0.5, 0.6) is 0 Å². The van der Waals surface area contributed by atoms with Crippen molar-refractivity contribution >= 4 is 55.7 Å². The second-order valence-corrected chi connectivity index (χ2v) is 9.04. The Morgan fingerprint density at radius 2 is 1.84 bits per heavy atom. The van der Waals surface area contributed by atoms with Crippen LogP contribution in [0, 0.1) is 13.8 Å². The molecule has 2 aromatic carbocycles. The molecule has 1 atom stereocenters. The number of nitrogens with zero attached hydrogens (tertiary/aromatic N) is 2. The number of carbonyl (C=O) groups is 2. The van der Waals surface area contributed by atoms with Crippen molar-refractivity contribution in [1.29, 1.82) is 0 Å². The summed E-state index contributed by atoms with van der Waals surface area (Å²) in [4.78, 5) is 32.1. The van der Waals surface area contributed by atoms with Crippen LogP contribution in [0.25, 0.3) is 16.0 Å². The van der Waals surface area contributed by atoms with Crippen LogP contribution in [0.15, 0.2) is 64.6 Å². The van der Waals surface area contributed by atoms with E-state index < -0.39 is 17.7 Å². The van der Waals surface area contributed by atoms with Crippen LogP contribution in [0.2, 0.25) is 5.02 Å². The number of benzene rings is 2. The number of Topliss-reactive ketones (excluding diaryl/α,β-unsaturated/α-hetero) is 1. The summed E-state index contributed by atoms with van der Waals surface area (Å²) >= 11 is 7.34. The summed E-state index contributed by atoms with van der Waals surface area (Å²) in [5.74, 6) is -0.832. The molecule has 0 aliphatic carbocycles. The lowest BCUT2D eigenvalue weighted by Crippen LogP contribution is -2.29. The molecule has 1 aliphatic heterocycles. The van der Waals surface area contributed by atoms with Crippen molar-refractivity contribution in [2.45, 2.75) is 19.9 Å². The minimum absolute atomic E-state index is 0.0366. The fraction of sp³-hybridized carbons (Fsp3) is 0.125. The van der Waals surface area contributed by atoms with Gasteiger partial charge in [-0.2, -0.15) is 0 Å². The number of thiazole rings is 1. The lowest BCUT2D eigenvalue weighted by molar-refractivity contribution is -0.132. The highest BCUT2D eigenvalue weighted by molar-refractivity contribution is 7.22. The number of aryl methyl sites for hydroxylation is 2. The molecule has 1 amide bonds. The van der Waals surface area contributed by atoms with Crippen molar-refractivity contribution in [2.75, 3.05) is 4.90 Å². The third kappa shape index (κ3) is 3.30. The second-order valence-electron chi connectivity index (χ2n) is 7.59. The predicted octanol–water partition coefficient (Wildman–Crippen LogP) is 5.79. The van der Waals surface area contributed by atoms with Gasteiger partial charge < -0.3 is 9.52 Å². The molecule has 160 valence electrons. The molecule has 2 aromatic heterocycles. The molecule has 1 saturated heterocycles. The van der Waals surface area contributed by atoms with E-state index >= 15 is 0 Å². The number of halogens is 1. The van der Waals surface area contributed by atoms with E-state index in [9.17, 15) is 14.7 Å². The standard InChI is InChI=1S/C24H17ClN2O4S/c1-12-3-6-14(7-4-12)21(28)19-20(17-10-5-13(2)31-17)27(23(30)22(19)29)24-26-16-9-8-15(25)11-18(16)32-24/h3-11,20,28H,1-2H3/b21-19+. The fourth-order valence-corrected chi connectivity index (χ4v) is 5.02. The maximum atomic E-state index is 13.2. The Bertz CT molecular complexity index is 1420. The van der Waals surface area contributed by atoms with Crippen molar-refractivity contribution in [3.8, 4) is 0 Å². The van der Waals surface area contributed by atoms with E-state index in [1.165, 1.54) is 16.2 Å². The minimum atomic E-state index is -0.943. The van der Waals surface area contributed by atoms with E-state index in [4.69, 9.17) is 16.0 Å². The minimum Gasteiger partial charge on any atom is -0.507 e. The van der Waals surface area contributed by atoms with Gasteiger partial charge in [0.2, 0.25) is 0 Å². The SMILES string of the molecule is Cc1ccc(/C(O)=C2\C(=O)C(=O)N(c3nc4ccc(Cl)cc4s3)C2c2ccc(C)o2)cc1. The van der Waals surface area contributed by atoms with Crippen LogP contribution in [-0.4, -0.2) is 21.8 Å². The van der Waals surface area contributed by atoms with E-state index in [1.54, 1.807) is 49.4 Å². The first-order valence-electron chi connectivity index (χ1n) is 9.84. The summed E-state index contributed by atoms with van der Waals surface area (Å²) in [6, 6.07) is 14.8. The summed E-state index contributed by atoms with van der Waals surface area (Å²) in [5, 5.41) is 12.0. The molecule has 0 bridgehead atoms. The van der Waals surface area contributed by atoms with Crippen LogP contribution < -0.4 is 4.90 Å². The van der Waals surface area contributed by atoms with Gasteiger partial charge in [0.25, 0.3) is 5.78 Å². The highest BCUT2D eigenvalue weighted by Crippen LogP contribution is 2.44. The van der Waals surface area contributed by atoms with Crippen LogP contribution in [0.1, 0.15) is 28.7 Å². The number of fused-ring (bicyclic) bond motifs is 1. The Balaban J connectivity index is 1.72. The van der Waals surface area contributed by atoms with E-state index in [1.807, 2.05) is 19.1 Å². The van der Waals surface area contributed by atoms with Gasteiger partial charge in [0.15, 0.2) is 5.13 Å². The van der Waals surface area contributed by atoms with E-state index in [2.05, 4.69) is 4.98 Å². The molecule has 1 N–H and O–H groups in total. The van der Waals surface area contributed by atoms with Crippen LogP contribution >= 0.6 is 22.9 Å². The Morgan fingerprint density at radius 1 is 1.09 bits per heavy atom. The quantitative estimate of drug-likeness (QED) is 0.236. The first kappa shape index (κ1) is 20.5. The van der Waals surface area contributed by atoms with Crippen molar-refractivity contribution < 1.29 is 19.1 Å². The number of hydrogen-bond donors (Lipinski definition) is 1. The first-order valence-corrected chi connectivity index (χ1v) is 11.0. The topological polar surface area (TPSA) is 83.6 Å². The Morgan fingerprint density at radius 3 is 2.53 bits per heavy atom. The van der Waals surface area contributed by atoms with Crippen molar-refractivity contribution in [3.63, 3.8) is 0 Å². The second kappa shape index (κ2) is 7.62. The van der Waals surface area contributed by atoms with Gasteiger partial charge in [-0.05, 0) is 44.2 Å². The van der Waals surface area contributed by atoms with E-state index in [-0.39, 0.29) is 11.3 Å². The van der Waals surface area contributed by atoms with Gasteiger partial charge in [0.05, 0.1) is 15.8 Å². The number of furan rings is 1. The summed E-state index contributed by atoms with van der Waals surface area (Å²) < 4.78 is 6.59. The number of aliphatic hydroxyl groups is 1. The highest BCUT2D eigenvalue weighted by atomic mass is 35.5. The first-order chi connectivity index (χ1) is 15.3. The Labute approximate surface area is 192 Å². The zero-order valence-electron chi connectivity index (χ0n) is 17.1. The molecule has 1 aliphatic rings. The van der Waals surface area contributed by atoms with E-state index in [0.717, 1.165) is 10.3 Å². The molecule has 0 saturated carbocycles. The van der Waals surface area contributed by atoms with Gasteiger partial charge in [0, 0.05) is 10.6 Å². The van der Waals surface area contributed by atoms with Gasteiger partial charge in [-0.15, -0.1) is 0 Å². The van der Waals surface area contributed by atoms with Gasteiger partial charge >= 0.3 is 5.91 Å². The molecule has 8 heteroatoms. The largest absolute Gasteiger partial charge is 0.507 e. The number of aliphatic hydroxyl groups excluding tert-OH is 1. The molecule has 1 unspecified atom stereocenters. The third-order valence-electron chi connectivity index (χ3n) is 5.35. The lowest BCUT2D eigenvalue weighted by atomic mass is 9.99. The van der Waals surface area contributed by atoms with Gasteiger partial charge in [0.1, 0.15) is 23.3 Å². The van der Waals surface area contributed by atoms with E-state index in [0.29, 0.717) is 32.8 Å². The molecule has 0 radical (unpaired) electrons. The summed E-state index contributed by atoms with van der Waals surface area (Å²) in [7, 11) is 0. The summed E-state index contributed by atoms with van der Waals surface area (Å²) in [6.45, 7) is 3.70. The van der Waals surface area contributed by atoms with Gasteiger partial charge in [-0.1, -0.05) is 52.8 Å². The fourth-order valence-electron chi connectivity index (χ4n) is 3.76. The zero-order chi connectivity index (χ0) is 22.6. The molecule has 6 nitrogen and oxygen atoms in total. The molecule has 5 rings (SSSR count). The normalized spacial score (nSPS) is 18.1. The molecular formula is C24H17ClN2O4S. The zero-order valence-corrected chi connectivity index (χ0v) is 18.7. The van der Waals surface area contributed by atoms with Crippen LogP contribution in [0.3, 0.4) is 0 Å². The number of rotatable bonds is 3. The number of amides is 1. The van der Waals surface area contributed by atoms with Crippen LogP contribution in [-0.2, 0) is 9.59 Å². The average Bonchev–Trinajstić information content (AvgIpc) is 3.44. The molecule has 32 heavy (non-hydrogen) atoms. The molecule has 1 fully saturated rings. The van der Waals surface area contributed by atoms with Gasteiger partial charge in [-0.25, -0.2) is 4.98 Å². The van der Waals surface area contributed by atoms with Gasteiger partial charge in [-0.3, -0.25) is 14.5 Å². The predicted molar refractivity (Wildman–Crippen MR) is 124 cm³/mol. The summed E-state index contributed by atoms with van der Waals surface area (Å²) in [5.41, 5.74) is 2.07. The summed E-state index contributed by atoms with van der Waals surface area (Å²) in [6.07, 6.45) is 0. The van der Waals surface area contributed by atoms with Crippen molar-refractivity contribution in [1.82, 2.24) is 4.98 Å². The molecule has 0 spiro atoms. The maximum Gasteiger partial charge on any atom is 0.302 e. The maximum absolute atomic E-state index is 13.2. The number of ketones is 1. The number of anilines is 1. The lowest BCUT2D eigenvalue weighted by Gasteiger charge is -2.20. The average molecular weight is 465 g/mol. The third-order valence-corrected chi connectivity index (χ3v) is 6.60. The molecule has 4 aromatic rings. The number of aromatic nitrogens is 1. The molecule has 3 heterocycles. The number of carbonyl (C=O) groups excluding carboxylic acids is 2. The smallest absolute Gasteiger partial charge is 0.302 e. The Kier molecular flexibility index (Phi) is 4.87. The van der Waals surface area contributed by atoms with Crippen molar-refractivity contribution in [2.24, 2.45) is 0 Å². The Hall–Kier alpha value is -3.42. The molecular weight excluding hydrogens is 448 g/mol. The monoisotopic (exact) mass is 464 g/mol. The highest BCUT2D eigenvalue weighted by Gasteiger charge is 2.49. The van der Waals surface area contributed by atoms with Crippen molar-refractivity contribution in [3.05, 3.63) is 87.8 Å². The van der Waals surface area contributed by atoms with Crippen LogP contribution in [0.4, 0.5) is 5.13 Å².